The molecule has 8 nitrogen and oxygen atoms in total. The normalized spacial score (nSPS) is 23.1. The highest BCUT2D eigenvalue weighted by Gasteiger charge is 2.47. The van der Waals surface area contributed by atoms with E-state index in [0.717, 1.165) is 41.8 Å². The lowest BCUT2D eigenvalue weighted by molar-refractivity contribution is -0.138. The van der Waals surface area contributed by atoms with Gasteiger partial charge in [0.25, 0.3) is 0 Å². The first-order chi connectivity index (χ1) is 19.2. The molecule has 1 aliphatic carbocycles. The first kappa shape index (κ1) is 28.1. The van der Waals surface area contributed by atoms with E-state index in [9.17, 15) is 14.4 Å². The van der Waals surface area contributed by atoms with Crippen molar-refractivity contribution in [3.63, 3.8) is 0 Å². The summed E-state index contributed by atoms with van der Waals surface area (Å²) in [6.07, 6.45) is 4.42. The van der Waals surface area contributed by atoms with E-state index in [1.54, 1.807) is 7.11 Å². The molecule has 0 radical (unpaired) electrons. The van der Waals surface area contributed by atoms with E-state index < -0.39 is 11.5 Å². The van der Waals surface area contributed by atoms with Crippen LogP contribution in [-0.4, -0.2) is 68.0 Å². The molecule has 2 aromatic carbocycles. The number of benzene rings is 2. The monoisotopic (exact) mass is 546 g/mol. The Hall–Kier alpha value is -3.39. The Morgan fingerprint density at radius 3 is 2.38 bits per heavy atom. The molecule has 2 aliphatic heterocycles. The number of nitrogens with one attached hydrogen (secondary N) is 2. The van der Waals surface area contributed by atoms with Crippen LogP contribution in [0.15, 0.2) is 48.5 Å². The Morgan fingerprint density at radius 1 is 1.02 bits per heavy atom. The second-order valence-corrected chi connectivity index (χ2v) is 12.0. The number of hydrogen-bond donors (Lipinski definition) is 2. The number of fused-ring (bicyclic) bond motifs is 1. The molecule has 2 fully saturated rings. The number of rotatable bonds is 8. The molecule has 0 unspecified atom stereocenters. The van der Waals surface area contributed by atoms with Crippen LogP contribution in [0.5, 0.6) is 5.75 Å². The zero-order chi connectivity index (χ0) is 28.4. The van der Waals surface area contributed by atoms with Crippen molar-refractivity contribution in [1.29, 1.82) is 0 Å². The van der Waals surface area contributed by atoms with Gasteiger partial charge in [0.1, 0.15) is 11.8 Å². The van der Waals surface area contributed by atoms with Gasteiger partial charge < -0.3 is 25.2 Å². The average Bonchev–Trinajstić information content (AvgIpc) is 3.54. The van der Waals surface area contributed by atoms with E-state index in [1.165, 1.54) is 0 Å². The van der Waals surface area contributed by atoms with Crippen LogP contribution in [0.25, 0.3) is 0 Å². The molecule has 2 aromatic rings. The van der Waals surface area contributed by atoms with Crippen LogP contribution in [0, 0.1) is 5.92 Å². The Morgan fingerprint density at radius 2 is 1.73 bits per heavy atom. The number of para-hydroxylation sites is 1. The summed E-state index contributed by atoms with van der Waals surface area (Å²) in [7, 11) is 3.56. The average molecular weight is 547 g/mol. The van der Waals surface area contributed by atoms with E-state index in [0.29, 0.717) is 38.4 Å². The van der Waals surface area contributed by atoms with E-state index in [1.807, 2.05) is 79.2 Å². The molecular weight excluding hydrogens is 504 g/mol. The van der Waals surface area contributed by atoms with Gasteiger partial charge in [0.15, 0.2) is 0 Å². The molecule has 0 aromatic heterocycles. The first-order valence-electron chi connectivity index (χ1n) is 14.6. The molecule has 214 valence electrons. The molecule has 3 atom stereocenters. The Labute approximate surface area is 237 Å². The molecule has 2 N–H and O–H groups in total. The largest absolute Gasteiger partial charge is 0.497 e. The quantitative estimate of drug-likeness (QED) is 0.530. The maximum Gasteiger partial charge on any atom is 0.245 e. The van der Waals surface area contributed by atoms with Crippen molar-refractivity contribution in [3.8, 4) is 5.75 Å². The van der Waals surface area contributed by atoms with Crippen molar-refractivity contribution in [3.05, 3.63) is 59.7 Å². The van der Waals surface area contributed by atoms with E-state index >= 15 is 0 Å². The van der Waals surface area contributed by atoms with Crippen molar-refractivity contribution < 1.29 is 19.1 Å². The fourth-order valence-electron chi connectivity index (χ4n) is 6.63. The van der Waals surface area contributed by atoms with E-state index in [-0.39, 0.29) is 29.7 Å². The summed E-state index contributed by atoms with van der Waals surface area (Å²) in [6, 6.07) is 15.4. The van der Waals surface area contributed by atoms with Crippen LogP contribution in [0.1, 0.15) is 57.1 Å². The lowest BCUT2D eigenvalue weighted by atomic mass is 9.86. The number of anilines is 1. The van der Waals surface area contributed by atoms with Crippen LogP contribution in [0.3, 0.4) is 0 Å². The summed E-state index contributed by atoms with van der Waals surface area (Å²) in [5.41, 5.74) is 2.47. The summed E-state index contributed by atoms with van der Waals surface area (Å²) in [5.74, 6) is 0.696. The number of amides is 3. The van der Waals surface area contributed by atoms with Crippen LogP contribution >= 0.6 is 0 Å². The number of carbonyl (C=O) groups excluding carboxylic acids is 3. The maximum absolute atomic E-state index is 13.9. The number of hydrogen-bond acceptors (Lipinski definition) is 5. The minimum Gasteiger partial charge on any atom is -0.497 e. The van der Waals surface area contributed by atoms with E-state index in [4.69, 9.17) is 4.74 Å². The lowest BCUT2D eigenvalue weighted by Gasteiger charge is -2.39. The Balaban J connectivity index is 1.28. The summed E-state index contributed by atoms with van der Waals surface area (Å²) in [6.45, 7) is 5.08. The third kappa shape index (κ3) is 5.46. The van der Waals surface area contributed by atoms with Gasteiger partial charge in [0, 0.05) is 43.2 Å². The third-order valence-electron chi connectivity index (χ3n) is 9.16. The minimum atomic E-state index is -0.640. The number of nitrogens with zero attached hydrogens (tertiary/aromatic N) is 2. The molecule has 3 amide bonds. The number of likely N-dealkylation sites (tertiary alicyclic amines) is 1. The maximum atomic E-state index is 13.9. The third-order valence-corrected chi connectivity index (χ3v) is 9.16. The Kier molecular flexibility index (Phi) is 8.17. The number of methoxy groups -OCH3 is 1. The van der Waals surface area contributed by atoms with Crippen molar-refractivity contribution in [2.45, 2.75) is 75.9 Å². The fraction of sp³-hybridized carbons (Fsp3) is 0.531. The zero-order valence-corrected chi connectivity index (χ0v) is 24.1. The molecule has 0 bridgehead atoms. The van der Waals surface area contributed by atoms with Crippen molar-refractivity contribution >= 4 is 23.4 Å². The van der Waals surface area contributed by atoms with Crippen molar-refractivity contribution in [1.82, 2.24) is 15.5 Å². The van der Waals surface area contributed by atoms with Gasteiger partial charge >= 0.3 is 0 Å². The second-order valence-electron chi connectivity index (χ2n) is 12.0. The van der Waals surface area contributed by atoms with Crippen LogP contribution in [0.2, 0.25) is 0 Å². The summed E-state index contributed by atoms with van der Waals surface area (Å²) in [5, 5.41) is 6.40. The standard InChI is InChI=1S/C32H42N4O4/c1-32(2)26-7-5-6-8-28(26)36(31(32)39)24-15-17-35(18-16-24)30(38)27(19-21-9-13-25(40-4)14-10-21)34-29(37)22-11-12-23(20-22)33-3/h5-10,13-14,22-24,27,33H,11-12,15-20H2,1-4H3,(H,34,37)/t22-,23+,27-/m0/s1. The molecule has 8 heteroatoms. The predicted molar refractivity (Wildman–Crippen MR) is 155 cm³/mol. The molecule has 0 spiro atoms. The van der Waals surface area contributed by atoms with Crippen LogP contribution < -0.4 is 20.3 Å². The van der Waals surface area contributed by atoms with Gasteiger partial charge in [-0.05, 0) is 82.3 Å². The zero-order valence-electron chi connectivity index (χ0n) is 24.1. The highest BCUT2D eigenvalue weighted by molar-refractivity contribution is 6.08. The predicted octanol–water partition coefficient (Wildman–Crippen LogP) is 3.43. The first-order valence-corrected chi connectivity index (χ1v) is 14.6. The van der Waals surface area contributed by atoms with Gasteiger partial charge in [0.05, 0.1) is 12.5 Å². The summed E-state index contributed by atoms with van der Waals surface area (Å²) >= 11 is 0. The second kappa shape index (κ2) is 11.6. The van der Waals surface area contributed by atoms with Gasteiger partial charge in [-0.15, -0.1) is 0 Å². The van der Waals surface area contributed by atoms with Crippen molar-refractivity contribution in [2.24, 2.45) is 5.92 Å². The minimum absolute atomic E-state index is 0.0407. The van der Waals surface area contributed by atoms with Crippen molar-refractivity contribution in [2.75, 3.05) is 32.1 Å². The topological polar surface area (TPSA) is 91.0 Å². The number of carbonyl (C=O) groups is 3. The molecule has 3 aliphatic rings. The van der Waals surface area contributed by atoms with E-state index in [2.05, 4.69) is 10.6 Å². The molecule has 40 heavy (non-hydrogen) atoms. The van der Waals surface area contributed by atoms with Crippen LogP contribution in [-0.2, 0) is 26.2 Å². The summed E-state index contributed by atoms with van der Waals surface area (Å²) in [4.78, 5) is 44.4. The SMILES string of the molecule is CN[C@@H]1CC[C@H](C(=O)N[C@@H](Cc2ccc(OC)cc2)C(=O)N2CCC(N3C(=O)C(C)(C)c4ccccc43)CC2)C1. The van der Waals surface area contributed by atoms with Gasteiger partial charge in [-0.3, -0.25) is 14.4 Å². The highest BCUT2D eigenvalue weighted by Crippen LogP contribution is 2.43. The van der Waals surface area contributed by atoms with Gasteiger partial charge in [0.2, 0.25) is 17.7 Å². The highest BCUT2D eigenvalue weighted by atomic mass is 16.5. The van der Waals surface area contributed by atoms with Gasteiger partial charge in [-0.1, -0.05) is 30.3 Å². The molecule has 5 rings (SSSR count). The molecular formula is C32H42N4O4. The van der Waals surface area contributed by atoms with Gasteiger partial charge in [-0.25, -0.2) is 0 Å². The lowest BCUT2D eigenvalue weighted by Crippen LogP contribution is -2.55. The molecule has 2 heterocycles. The fourth-order valence-corrected chi connectivity index (χ4v) is 6.63. The van der Waals surface area contributed by atoms with Crippen LogP contribution in [0.4, 0.5) is 5.69 Å². The number of ether oxygens (including phenoxy) is 1. The Bertz CT molecular complexity index is 1240. The smallest absolute Gasteiger partial charge is 0.245 e. The summed E-state index contributed by atoms with van der Waals surface area (Å²) < 4.78 is 5.29. The molecule has 1 saturated heterocycles. The van der Waals surface area contributed by atoms with Gasteiger partial charge in [-0.2, -0.15) is 0 Å². The number of piperidine rings is 1. The molecule has 1 saturated carbocycles.